The largest absolute Gasteiger partial charge is 0.188 e. The number of hydrogen-bond acceptors (Lipinski definition) is 3. The van der Waals surface area contributed by atoms with Crippen LogP contribution in [-0.4, -0.2) is 23.6 Å². The predicted molar refractivity (Wildman–Crippen MR) is 78.3 cm³/mol. The van der Waals surface area contributed by atoms with E-state index in [1.165, 1.54) is 0 Å². The Kier molecular flexibility index (Phi) is 3.11. The minimum absolute atomic E-state index is 0.762. The summed E-state index contributed by atoms with van der Waals surface area (Å²) in [6, 6.07) is 20.5. The van der Waals surface area contributed by atoms with Crippen molar-refractivity contribution in [3.63, 3.8) is 0 Å². The summed E-state index contributed by atoms with van der Waals surface area (Å²) in [5.41, 5.74) is 4.41. The molecule has 2 aromatic rings. The maximum atomic E-state index is 4.49. The lowest BCUT2D eigenvalue weighted by Gasteiger charge is -2.19. The molecule has 0 spiro atoms. The monoisotopic (exact) mass is 249 g/mol. The standard InChI is InChI=1S/C16H15N3/c1-19-17-15(13-8-4-2-5-9-13)12-16(18-19)14-10-6-3-7-11-14/h2-11H,12H2,1H3. The number of hydrogen-bond donors (Lipinski definition) is 0. The molecule has 1 aliphatic heterocycles. The smallest absolute Gasteiger partial charge is 0.0758 e. The number of rotatable bonds is 2. The van der Waals surface area contributed by atoms with Crippen LogP contribution in [0.5, 0.6) is 0 Å². The van der Waals surface area contributed by atoms with Gasteiger partial charge < -0.3 is 0 Å². The molecule has 0 aromatic heterocycles. The average Bonchev–Trinajstić information content (AvgIpc) is 2.48. The highest BCUT2D eigenvalue weighted by molar-refractivity contribution is 6.18. The van der Waals surface area contributed by atoms with Gasteiger partial charge in [-0.3, -0.25) is 0 Å². The van der Waals surface area contributed by atoms with Crippen LogP contribution in [0.2, 0.25) is 0 Å². The molecule has 0 saturated carbocycles. The van der Waals surface area contributed by atoms with E-state index in [1.54, 1.807) is 5.12 Å². The molecule has 3 rings (SSSR count). The first-order valence-corrected chi connectivity index (χ1v) is 6.32. The van der Waals surface area contributed by atoms with Gasteiger partial charge in [0.05, 0.1) is 11.4 Å². The van der Waals surface area contributed by atoms with E-state index in [0.717, 1.165) is 29.0 Å². The highest BCUT2D eigenvalue weighted by Gasteiger charge is 2.16. The van der Waals surface area contributed by atoms with Gasteiger partial charge >= 0.3 is 0 Å². The van der Waals surface area contributed by atoms with Gasteiger partial charge in [-0.25, -0.2) is 0 Å². The minimum atomic E-state index is 0.762. The van der Waals surface area contributed by atoms with Crippen LogP contribution in [-0.2, 0) is 0 Å². The van der Waals surface area contributed by atoms with Gasteiger partial charge in [0.15, 0.2) is 0 Å². The molecule has 0 bridgehead atoms. The van der Waals surface area contributed by atoms with Gasteiger partial charge in [0, 0.05) is 13.5 Å². The van der Waals surface area contributed by atoms with Crippen molar-refractivity contribution in [2.75, 3.05) is 7.05 Å². The Morgan fingerprint density at radius 2 is 1.16 bits per heavy atom. The van der Waals surface area contributed by atoms with Crippen molar-refractivity contribution in [3.05, 3.63) is 71.8 Å². The Bertz CT molecular complexity index is 559. The lowest BCUT2D eigenvalue weighted by atomic mass is 10.00. The molecule has 94 valence electrons. The van der Waals surface area contributed by atoms with E-state index >= 15 is 0 Å². The van der Waals surface area contributed by atoms with Gasteiger partial charge in [0.1, 0.15) is 0 Å². The van der Waals surface area contributed by atoms with E-state index in [1.807, 2.05) is 43.4 Å². The summed E-state index contributed by atoms with van der Waals surface area (Å²) in [4.78, 5) is 0. The second kappa shape index (κ2) is 5.06. The van der Waals surface area contributed by atoms with E-state index < -0.39 is 0 Å². The summed E-state index contributed by atoms with van der Waals surface area (Å²) >= 11 is 0. The van der Waals surface area contributed by atoms with Gasteiger partial charge in [0.2, 0.25) is 0 Å². The fourth-order valence-corrected chi connectivity index (χ4v) is 2.18. The second-order valence-corrected chi connectivity index (χ2v) is 4.49. The summed E-state index contributed by atoms with van der Waals surface area (Å²) in [5, 5.41) is 10.6. The molecule has 0 atom stereocenters. The number of nitrogens with zero attached hydrogens (tertiary/aromatic N) is 3. The molecule has 0 radical (unpaired) electrons. The number of benzene rings is 2. The summed E-state index contributed by atoms with van der Waals surface area (Å²) < 4.78 is 0. The molecule has 19 heavy (non-hydrogen) atoms. The maximum Gasteiger partial charge on any atom is 0.0758 e. The molecular formula is C16H15N3. The van der Waals surface area contributed by atoms with E-state index in [4.69, 9.17) is 0 Å². The van der Waals surface area contributed by atoms with Crippen LogP contribution >= 0.6 is 0 Å². The fraction of sp³-hybridized carbons (Fsp3) is 0.125. The molecule has 0 saturated heterocycles. The molecule has 0 N–H and O–H groups in total. The van der Waals surface area contributed by atoms with Crippen molar-refractivity contribution >= 4 is 11.4 Å². The molecule has 3 heteroatoms. The summed E-state index contributed by atoms with van der Waals surface area (Å²) in [6.45, 7) is 0. The SMILES string of the molecule is CN1N=C(c2ccccc2)CC(c2ccccc2)=N1. The lowest BCUT2D eigenvalue weighted by Crippen LogP contribution is -2.22. The quantitative estimate of drug-likeness (QED) is 0.803. The summed E-state index contributed by atoms with van der Waals surface area (Å²) in [7, 11) is 1.87. The zero-order valence-electron chi connectivity index (χ0n) is 10.8. The van der Waals surface area contributed by atoms with Gasteiger partial charge in [-0.15, -0.1) is 0 Å². The Hall–Kier alpha value is -2.42. The van der Waals surface area contributed by atoms with Crippen molar-refractivity contribution in [1.29, 1.82) is 0 Å². The molecule has 1 aliphatic rings. The van der Waals surface area contributed by atoms with Crippen LogP contribution in [0.25, 0.3) is 0 Å². The molecule has 0 amide bonds. The first kappa shape index (κ1) is 11.7. The maximum absolute atomic E-state index is 4.49. The normalized spacial score (nSPS) is 14.9. The van der Waals surface area contributed by atoms with Gasteiger partial charge in [-0.05, 0) is 11.1 Å². The highest BCUT2D eigenvalue weighted by atomic mass is 15.7. The molecule has 0 aliphatic carbocycles. The Labute approximate surface area is 112 Å². The zero-order valence-corrected chi connectivity index (χ0v) is 10.8. The Morgan fingerprint density at radius 1 is 0.737 bits per heavy atom. The minimum Gasteiger partial charge on any atom is -0.188 e. The third-order valence-corrected chi connectivity index (χ3v) is 3.08. The molecule has 0 fully saturated rings. The summed E-state index contributed by atoms with van der Waals surface area (Å²) in [5.74, 6) is 0. The van der Waals surface area contributed by atoms with Crippen LogP contribution in [0.3, 0.4) is 0 Å². The average molecular weight is 249 g/mol. The van der Waals surface area contributed by atoms with Crippen LogP contribution in [0.1, 0.15) is 17.5 Å². The van der Waals surface area contributed by atoms with Crippen LogP contribution < -0.4 is 0 Å². The Balaban J connectivity index is 1.92. The second-order valence-electron chi connectivity index (χ2n) is 4.49. The van der Waals surface area contributed by atoms with Crippen molar-refractivity contribution in [1.82, 2.24) is 5.12 Å². The van der Waals surface area contributed by atoms with E-state index in [2.05, 4.69) is 34.5 Å². The van der Waals surface area contributed by atoms with Crippen molar-refractivity contribution in [2.24, 2.45) is 10.2 Å². The third-order valence-electron chi connectivity index (χ3n) is 3.08. The topological polar surface area (TPSA) is 28.0 Å². The molecule has 2 aromatic carbocycles. The van der Waals surface area contributed by atoms with Crippen molar-refractivity contribution < 1.29 is 0 Å². The lowest BCUT2D eigenvalue weighted by molar-refractivity contribution is 0.371. The van der Waals surface area contributed by atoms with Gasteiger partial charge in [-0.2, -0.15) is 15.3 Å². The first-order chi connectivity index (χ1) is 9.33. The van der Waals surface area contributed by atoms with Gasteiger partial charge in [-0.1, -0.05) is 60.7 Å². The predicted octanol–water partition coefficient (Wildman–Crippen LogP) is 3.13. The van der Waals surface area contributed by atoms with E-state index in [0.29, 0.717) is 0 Å². The first-order valence-electron chi connectivity index (χ1n) is 6.32. The van der Waals surface area contributed by atoms with Crippen LogP contribution in [0.15, 0.2) is 70.9 Å². The molecule has 3 nitrogen and oxygen atoms in total. The molecular weight excluding hydrogens is 234 g/mol. The van der Waals surface area contributed by atoms with Gasteiger partial charge in [0.25, 0.3) is 0 Å². The highest BCUT2D eigenvalue weighted by Crippen LogP contribution is 2.15. The van der Waals surface area contributed by atoms with Crippen LogP contribution in [0.4, 0.5) is 0 Å². The molecule has 0 unspecified atom stereocenters. The number of hydrazone groups is 2. The summed E-state index contributed by atoms with van der Waals surface area (Å²) in [6.07, 6.45) is 0.762. The van der Waals surface area contributed by atoms with Crippen molar-refractivity contribution in [3.8, 4) is 0 Å². The van der Waals surface area contributed by atoms with Crippen LogP contribution in [0, 0.1) is 0 Å². The Morgan fingerprint density at radius 3 is 1.58 bits per heavy atom. The molecule has 1 heterocycles. The van der Waals surface area contributed by atoms with E-state index in [-0.39, 0.29) is 0 Å². The third kappa shape index (κ3) is 2.55. The zero-order chi connectivity index (χ0) is 13.1. The van der Waals surface area contributed by atoms with E-state index in [9.17, 15) is 0 Å². The van der Waals surface area contributed by atoms with Crippen molar-refractivity contribution in [2.45, 2.75) is 6.42 Å². The fourth-order valence-electron chi connectivity index (χ4n) is 2.18.